The molecule has 0 heterocycles. The molecule has 0 atom stereocenters. The van der Waals surface area contributed by atoms with Crippen molar-refractivity contribution in [2.24, 2.45) is 5.92 Å². The molecule has 0 aliphatic rings. The zero-order valence-corrected chi connectivity index (χ0v) is 19.5. The summed E-state index contributed by atoms with van der Waals surface area (Å²) in [6.07, 6.45) is 0. The van der Waals surface area contributed by atoms with Gasteiger partial charge in [0.15, 0.2) is 0 Å². The first-order chi connectivity index (χ1) is 15.7. The highest BCUT2D eigenvalue weighted by Crippen LogP contribution is 2.26. The summed E-state index contributed by atoms with van der Waals surface area (Å²) in [7, 11) is 3.86. The van der Waals surface area contributed by atoms with Crippen molar-refractivity contribution in [3.63, 3.8) is 0 Å². The fourth-order valence-corrected chi connectivity index (χ4v) is 3.53. The van der Waals surface area contributed by atoms with Crippen LogP contribution in [0.15, 0.2) is 72.8 Å². The molecule has 0 unspecified atom stereocenters. The van der Waals surface area contributed by atoms with E-state index in [1.807, 2.05) is 81.4 Å². The van der Waals surface area contributed by atoms with Crippen LogP contribution in [0.3, 0.4) is 0 Å². The van der Waals surface area contributed by atoms with Crippen molar-refractivity contribution in [3.8, 4) is 0 Å². The molecule has 3 aromatic rings. The number of carbonyl (C=O) groups excluding carboxylic acids is 2. The highest BCUT2D eigenvalue weighted by molar-refractivity contribution is 5.94. The third kappa shape index (κ3) is 6.42. The van der Waals surface area contributed by atoms with Crippen molar-refractivity contribution in [1.82, 2.24) is 4.90 Å². The van der Waals surface area contributed by atoms with Gasteiger partial charge < -0.3 is 15.1 Å². The van der Waals surface area contributed by atoms with Gasteiger partial charge in [0.1, 0.15) is 5.82 Å². The standard InChI is InChI=1S/C27H30FN3O2/c1-19(2)26(32)29-24-13-14-25(30(3)4)22(16-24)18-31(17-20-9-6-5-7-10-20)27(33)21-11-8-12-23(28)15-21/h5-16,19H,17-18H2,1-4H3,(H,29,32). The van der Waals surface area contributed by atoms with Crippen LogP contribution in [0, 0.1) is 11.7 Å². The Bertz CT molecular complexity index is 1110. The summed E-state index contributed by atoms with van der Waals surface area (Å²) < 4.78 is 13.8. The van der Waals surface area contributed by atoms with Crippen LogP contribution in [0.1, 0.15) is 35.3 Å². The van der Waals surface area contributed by atoms with Crippen molar-refractivity contribution in [2.45, 2.75) is 26.9 Å². The van der Waals surface area contributed by atoms with E-state index in [0.29, 0.717) is 24.3 Å². The highest BCUT2D eigenvalue weighted by atomic mass is 19.1. The second-order valence-electron chi connectivity index (χ2n) is 8.54. The zero-order chi connectivity index (χ0) is 24.0. The van der Waals surface area contributed by atoms with Gasteiger partial charge in [-0.1, -0.05) is 50.2 Å². The zero-order valence-electron chi connectivity index (χ0n) is 19.5. The van der Waals surface area contributed by atoms with E-state index in [2.05, 4.69) is 5.32 Å². The molecule has 0 fully saturated rings. The SMILES string of the molecule is CC(C)C(=O)Nc1ccc(N(C)C)c(CN(Cc2ccccc2)C(=O)c2cccc(F)c2)c1. The number of rotatable bonds is 8. The Hall–Kier alpha value is -3.67. The maximum atomic E-state index is 13.8. The lowest BCUT2D eigenvalue weighted by molar-refractivity contribution is -0.118. The van der Waals surface area contributed by atoms with Crippen LogP contribution in [0.5, 0.6) is 0 Å². The molecule has 172 valence electrons. The molecule has 6 heteroatoms. The number of hydrogen-bond acceptors (Lipinski definition) is 3. The van der Waals surface area contributed by atoms with Crippen molar-refractivity contribution >= 4 is 23.2 Å². The number of benzene rings is 3. The first-order valence-corrected chi connectivity index (χ1v) is 10.9. The van der Waals surface area contributed by atoms with Crippen molar-refractivity contribution in [1.29, 1.82) is 0 Å². The summed E-state index contributed by atoms with van der Waals surface area (Å²) >= 11 is 0. The molecule has 0 bridgehead atoms. The molecule has 0 aliphatic heterocycles. The summed E-state index contributed by atoms with van der Waals surface area (Å²) in [5.74, 6) is -0.936. The van der Waals surface area contributed by atoms with E-state index >= 15 is 0 Å². The molecule has 0 aromatic heterocycles. The van der Waals surface area contributed by atoms with Gasteiger partial charge in [-0.2, -0.15) is 0 Å². The van der Waals surface area contributed by atoms with Gasteiger partial charge >= 0.3 is 0 Å². The Balaban J connectivity index is 1.98. The molecule has 0 aliphatic carbocycles. The Morgan fingerprint density at radius 2 is 1.64 bits per heavy atom. The summed E-state index contributed by atoms with van der Waals surface area (Å²) in [6.45, 7) is 4.34. The van der Waals surface area contributed by atoms with Crippen LogP contribution in [0.4, 0.5) is 15.8 Å². The second-order valence-corrected chi connectivity index (χ2v) is 8.54. The Morgan fingerprint density at radius 1 is 0.909 bits per heavy atom. The van der Waals surface area contributed by atoms with Gasteiger partial charge in [0, 0.05) is 50.0 Å². The lowest BCUT2D eigenvalue weighted by atomic mass is 10.1. The maximum Gasteiger partial charge on any atom is 0.254 e. The third-order valence-electron chi connectivity index (χ3n) is 5.29. The minimum absolute atomic E-state index is 0.0736. The number of nitrogens with one attached hydrogen (secondary N) is 1. The largest absolute Gasteiger partial charge is 0.377 e. The summed E-state index contributed by atoms with van der Waals surface area (Å²) in [4.78, 5) is 29.3. The van der Waals surface area contributed by atoms with Gasteiger partial charge in [-0.3, -0.25) is 9.59 Å². The molecular formula is C27H30FN3O2. The van der Waals surface area contributed by atoms with Gasteiger partial charge in [-0.05, 0) is 47.5 Å². The van der Waals surface area contributed by atoms with Gasteiger partial charge in [-0.15, -0.1) is 0 Å². The van der Waals surface area contributed by atoms with E-state index in [0.717, 1.165) is 16.8 Å². The van der Waals surface area contributed by atoms with E-state index in [1.165, 1.54) is 18.2 Å². The second kappa shape index (κ2) is 10.8. The van der Waals surface area contributed by atoms with Crippen molar-refractivity contribution < 1.29 is 14.0 Å². The van der Waals surface area contributed by atoms with E-state index < -0.39 is 5.82 Å². The summed E-state index contributed by atoms with van der Waals surface area (Å²) in [6, 6.07) is 21.1. The predicted octanol–water partition coefficient (Wildman–Crippen LogP) is 5.33. The van der Waals surface area contributed by atoms with Crippen LogP contribution in [-0.2, 0) is 17.9 Å². The molecule has 3 aromatic carbocycles. The molecule has 1 N–H and O–H groups in total. The fourth-order valence-electron chi connectivity index (χ4n) is 3.53. The van der Waals surface area contributed by atoms with Crippen LogP contribution >= 0.6 is 0 Å². The van der Waals surface area contributed by atoms with Gasteiger partial charge in [-0.25, -0.2) is 4.39 Å². The number of anilines is 2. The number of carbonyl (C=O) groups is 2. The van der Waals surface area contributed by atoms with Crippen molar-refractivity contribution in [2.75, 3.05) is 24.3 Å². The lowest BCUT2D eigenvalue weighted by Crippen LogP contribution is -2.31. The van der Waals surface area contributed by atoms with E-state index in [1.54, 1.807) is 11.0 Å². The smallest absolute Gasteiger partial charge is 0.254 e. The predicted molar refractivity (Wildman–Crippen MR) is 131 cm³/mol. The van der Waals surface area contributed by atoms with Crippen LogP contribution in [0.25, 0.3) is 0 Å². The normalized spacial score (nSPS) is 10.7. The fraction of sp³-hybridized carbons (Fsp3) is 0.259. The van der Waals surface area contributed by atoms with E-state index in [9.17, 15) is 14.0 Å². The quantitative estimate of drug-likeness (QED) is 0.508. The average molecular weight is 448 g/mol. The Kier molecular flexibility index (Phi) is 7.83. The Labute approximate surface area is 194 Å². The van der Waals surface area contributed by atoms with E-state index in [4.69, 9.17) is 0 Å². The maximum absolute atomic E-state index is 13.8. The molecule has 0 radical (unpaired) electrons. The van der Waals surface area contributed by atoms with Crippen LogP contribution in [-0.4, -0.2) is 30.8 Å². The molecule has 3 rings (SSSR count). The van der Waals surface area contributed by atoms with Gasteiger partial charge in [0.2, 0.25) is 5.91 Å². The monoisotopic (exact) mass is 447 g/mol. The highest BCUT2D eigenvalue weighted by Gasteiger charge is 2.20. The summed E-state index contributed by atoms with van der Waals surface area (Å²) in [5.41, 5.74) is 3.75. The van der Waals surface area contributed by atoms with Gasteiger partial charge in [0.25, 0.3) is 5.91 Å². The molecule has 33 heavy (non-hydrogen) atoms. The number of nitrogens with zero attached hydrogens (tertiary/aromatic N) is 2. The van der Waals surface area contributed by atoms with Crippen LogP contribution in [0.2, 0.25) is 0 Å². The molecule has 0 saturated carbocycles. The first-order valence-electron chi connectivity index (χ1n) is 10.9. The third-order valence-corrected chi connectivity index (χ3v) is 5.29. The lowest BCUT2D eigenvalue weighted by Gasteiger charge is -2.27. The number of halogens is 1. The van der Waals surface area contributed by atoms with E-state index in [-0.39, 0.29) is 17.7 Å². The topological polar surface area (TPSA) is 52.7 Å². The number of hydrogen-bond donors (Lipinski definition) is 1. The molecule has 0 saturated heterocycles. The number of amides is 2. The molecule has 0 spiro atoms. The first kappa shape index (κ1) is 24.0. The minimum atomic E-state index is -0.451. The molecular weight excluding hydrogens is 417 g/mol. The Morgan fingerprint density at radius 3 is 2.27 bits per heavy atom. The van der Waals surface area contributed by atoms with Gasteiger partial charge in [0.05, 0.1) is 0 Å². The molecule has 5 nitrogen and oxygen atoms in total. The molecule has 2 amide bonds. The van der Waals surface area contributed by atoms with Crippen LogP contribution < -0.4 is 10.2 Å². The average Bonchev–Trinajstić information content (AvgIpc) is 2.78. The summed E-state index contributed by atoms with van der Waals surface area (Å²) in [5, 5.41) is 2.93. The van der Waals surface area contributed by atoms with Crippen molar-refractivity contribution in [3.05, 3.63) is 95.3 Å². The minimum Gasteiger partial charge on any atom is -0.377 e.